The van der Waals surface area contributed by atoms with Gasteiger partial charge in [-0.25, -0.2) is 9.78 Å². The standard InChI is InChI=1S/C21H25F3N6O/c1-14-10-16(12-25-11-14)27-20(31)30-9-3-7-26-17-5-6-18(28-19(17)30)29-8-2-4-15(13-29)21(22,23)24/h5-6,10-12,15,26H,2-4,7-9,13H2,1H3,(H,27,31). The third kappa shape index (κ3) is 4.83. The first-order valence-electron chi connectivity index (χ1n) is 10.4. The van der Waals surface area contributed by atoms with E-state index in [1.54, 1.807) is 29.4 Å². The molecule has 1 saturated heterocycles. The van der Waals surface area contributed by atoms with E-state index in [1.807, 2.05) is 13.0 Å². The Labute approximate surface area is 178 Å². The van der Waals surface area contributed by atoms with Gasteiger partial charge in [0.25, 0.3) is 0 Å². The number of carbonyl (C=O) groups excluding carboxylic acids is 1. The van der Waals surface area contributed by atoms with Crippen molar-refractivity contribution in [1.29, 1.82) is 0 Å². The molecular weight excluding hydrogens is 409 g/mol. The SMILES string of the molecule is Cc1cncc(NC(=O)N2CCCNc3ccc(N4CCCC(C(F)(F)F)C4)nc32)c1. The van der Waals surface area contributed by atoms with Crippen LogP contribution >= 0.6 is 0 Å². The largest absolute Gasteiger partial charge is 0.393 e. The molecule has 1 atom stereocenters. The van der Waals surface area contributed by atoms with Gasteiger partial charge in [-0.15, -0.1) is 0 Å². The van der Waals surface area contributed by atoms with Crippen molar-refractivity contribution in [1.82, 2.24) is 9.97 Å². The van der Waals surface area contributed by atoms with Crippen molar-refractivity contribution in [3.05, 3.63) is 36.2 Å². The molecule has 0 saturated carbocycles. The van der Waals surface area contributed by atoms with Gasteiger partial charge in [-0.1, -0.05) is 0 Å². The zero-order chi connectivity index (χ0) is 22.0. The fourth-order valence-corrected chi connectivity index (χ4v) is 3.99. The number of aryl methyl sites for hydroxylation is 1. The van der Waals surface area contributed by atoms with E-state index in [0.29, 0.717) is 55.5 Å². The Morgan fingerprint density at radius 2 is 2.06 bits per heavy atom. The van der Waals surface area contributed by atoms with Gasteiger partial charge in [0.05, 0.1) is 23.5 Å². The van der Waals surface area contributed by atoms with Crippen LogP contribution in [0.4, 0.5) is 41.0 Å². The molecule has 31 heavy (non-hydrogen) atoms. The van der Waals surface area contributed by atoms with E-state index in [2.05, 4.69) is 20.6 Å². The summed E-state index contributed by atoms with van der Waals surface area (Å²) >= 11 is 0. The molecule has 0 spiro atoms. The van der Waals surface area contributed by atoms with Crippen molar-refractivity contribution in [3.63, 3.8) is 0 Å². The molecule has 0 aromatic carbocycles. The highest BCUT2D eigenvalue weighted by Crippen LogP contribution is 2.36. The Kier molecular flexibility index (Phi) is 5.88. The molecule has 2 aromatic heterocycles. The first-order valence-corrected chi connectivity index (χ1v) is 10.4. The molecule has 2 N–H and O–H groups in total. The molecule has 1 fully saturated rings. The summed E-state index contributed by atoms with van der Waals surface area (Å²) in [6.45, 7) is 3.38. The van der Waals surface area contributed by atoms with Gasteiger partial charge in [-0.2, -0.15) is 13.2 Å². The second kappa shape index (κ2) is 8.60. The Hall–Kier alpha value is -3.04. The molecule has 0 bridgehead atoms. The molecule has 2 amide bonds. The molecule has 7 nitrogen and oxygen atoms in total. The maximum atomic E-state index is 13.2. The zero-order valence-corrected chi connectivity index (χ0v) is 17.2. The number of fused-ring (bicyclic) bond motifs is 1. The summed E-state index contributed by atoms with van der Waals surface area (Å²) < 4.78 is 39.7. The lowest BCUT2D eigenvalue weighted by molar-refractivity contribution is -0.176. The number of hydrogen-bond acceptors (Lipinski definition) is 5. The lowest BCUT2D eigenvalue weighted by Crippen LogP contribution is -2.42. The number of hydrogen-bond donors (Lipinski definition) is 2. The molecule has 2 aromatic rings. The summed E-state index contributed by atoms with van der Waals surface area (Å²) in [5.74, 6) is -0.498. The Bertz CT molecular complexity index is 951. The van der Waals surface area contributed by atoms with Crippen molar-refractivity contribution in [2.45, 2.75) is 32.4 Å². The van der Waals surface area contributed by atoms with E-state index in [1.165, 1.54) is 4.90 Å². The highest BCUT2D eigenvalue weighted by atomic mass is 19.4. The monoisotopic (exact) mass is 434 g/mol. The summed E-state index contributed by atoms with van der Waals surface area (Å²) in [7, 11) is 0. The van der Waals surface area contributed by atoms with Crippen LogP contribution in [0.3, 0.4) is 0 Å². The molecule has 4 heterocycles. The summed E-state index contributed by atoms with van der Waals surface area (Å²) in [4.78, 5) is 24.9. The molecule has 10 heteroatoms. The minimum Gasteiger partial charge on any atom is -0.382 e. The van der Waals surface area contributed by atoms with Crippen LogP contribution in [0.2, 0.25) is 0 Å². The van der Waals surface area contributed by atoms with Crippen LogP contribution in [0.15, 0.2) is 30.6 Å². The third-order valence-electron chi connectivity index (χ3n) is 5.57. The number of nitrogens with zero attached hydrogens (tertiary/aromatic N) is 4. The number of halogens is 3. The van der Waals surface area contributed by atoms with Crippen LogP contribution in [0, 0.1) is 12.8 Å². The number of amides is 2. The number of urea groups is 1. The molecule has 0 radical (unpaired) electrons. The zero-order valence-electron chi connectivity index (χ0n) is 17.2. The Morgan fingerprint density at radius 3 is 2.84 bits per heavy atom. The number of anilines is 4. The number of alkyl halides is 3. The first-order chi connectivity index (χ1) is 14.8. The molecule has 2 aliphatic heterocycles. The van der Waals surface area contributed by atoms with Gasteiger partial charge in [0.1, 0.15) is 5.82 Å². The van der Waals surface area contributed by atoms with E-state index in [0.717, 1.165) is 5.56 Å². The van der Waals surface area contributed by atoms with Gasteiger partial charge in [0.2, 0.25) is 0 Å². The average Bonchev–Trinajstić information content (AvgIpc) is 2.95. The topological polar surface area (TPSA) is 73.4 Å². The molecular formula is C21H25F3N6O. The molecule has 4 rings (SSSR count). The number of aromatic nitrogens is 2. The Balaban J connectivity index is 1.59. The van der Waals surface area contributed by atoms with Crippen LogP contribution in [-0.2, 0) is 0 Å². The minimum absolute atomic E-state index is 0.121. The lowest BCUT2D eigenvalue weighted by Gasteiger charge is -2.35. The van der Waals surface area contributed by atoms with E-state index >= 15 is 0 Å². The second-order valence-electron chi connectivity index (χ2n) is 7.98. The smallest absolute Gasteiger partial charge is 0.382 e. The summed E-state index contributed by atoms with van der Waals surface area (Å²) in [5, 5.41) is 6.09. The fourth-order valence-electron chi connectivity index (χ4n) is 3.99. The van der Waals surface area contributed by atoms with Crippen LogP contribution in [0.5, 0.6) is 0 Å². The predicted molar refractivity (Wildman–Crippen MR) is 114 cm³/mol. The normalized spacial score (nSPS) is 19.3. The number of nitrogens with one attached hydrogen (secondary N) is 2. The third-order valence-corrected chi connectivity index (χ3v) is 5.57. The Morgan fingerprint density at radius 1 is 1.23 bits per heavy atom. The maximum absolute atomic E-state index is 13.2. The van der Waals surface area contributed by atoms with Crippen molar-refractivity contribution >= 4 is 29.0 Å². The van der Waals surface area contributed by atoms with E-state index in [-0.39, 0.29) is 19.0 Å². The number of piperidine rings is 1. The molecule has 0 aliphatic carbocycles. The van der Waals surface area contributed by atoms with Crippen molar-refractivity contribution in [3.8, 4) is 0 Å². The number of carbonyl (C=O) groups is 1. The number of rotatable bonds is 2. The molecule has 1 unspecified atom stereocenters. The van der Waals surface area contributed by atoms with E-state index < -0.39 is 12.1 Å². The van der Waals surface area contributed by atoms with Crippen LogP contribution in [-0.4, -0.2) is 48.4 Å². The van der Waals surface area contributed by atoms with Gasteiger partial charge < -0.3 is 15.5 Å². The molecule has 2 aliphatic rings. The average molecular weight is 434 g/mol. The summed E-state index contributed by atoms with van der Waals surface area (Å²) in [6.07, 6.45) is 0.334. The fraction of sp³-hybridized carbons (Fsp3) is 0.476. The summed E-state index contributed by atoms with van der Waals surface area (Å²) in [6, 6.07) is 4.97. The van der Waals surface area contributed by atoms with Crippen LogP contribution in [0.1, 0.15) is 24.8 Å². The van der Waals surface area contributed by atoms with Crippen molar-refractivity contribution in [2.75, 3.05) is 46.6 Å². The van der Waals surface area contributed by atoms with Crippen molar-refractivity contribution in [2.24, 2.45) is 5.92 Å². The lowest BCUT2D eigenvalue weighted by atomic mass is 9.97. The van der Waals surface area contributed by atoms with Crippen LogP contribution < -0.4 is 20.4 Å². The minimum atomic E-state index is -4.22. The highest BCUT2D eigenvalue weighted by molar-refractivity contribution is 6.03. The second-order valence-corrected chi connectivity index (χ2v) is 7.98. The van der Waals surface area contributed by atoms with Gasteiger partial charge in [-0.3, -0.25) is 9.88 Å². The van der Waals surface area contributed by atoms with Crippen LogP contribution in [0.25, 0.3) is 0 Å². The van der Waals surface area contributed by atoms with Gasteiger partial charge >= 0.3 is 12.2 Å². The van der Waals surface area contributed by atoms with E-state index in [9.17, 15) is 18.0 Å². The predicted octanol–water partition coefficient (Wildman–Crippen LogP) is 4.42. The quantitative estimate of drug-likeness (QED) is 0.732. The first kappa shape index (κ1) is 21.2. The maximum Gasteiger partial charge on any atom is 0.393 e. The van der Waals surface area contributed by atoms with Gasteiger partial charge in [0.15, 0.2) is 5.82 Å². The summed E-state index contributed by atoms with van der Waals surface area (Å²) in [5.41, 5.74) is 2.17. The van der Waals surface area contributed by atoms with Gasteiger partial charge in [-0.05, 0) is 49.9 Å². The highest BCUT2D eigenvalue weighted by Gasteiger charge is 2.42. The number of pyridine rings is 2. The van der Waals surface area contributed by atoms with Gasteiger partial charge in [0, 0.05) is 32.4 Å². The van der Waals surface area contributed by atoms with E-state index in [4.69, 9.17) is 0 Å². The van der Waals surface area contributed by atoms with Crippen molar-refractivity contribution < 1.29 is 18.0 Å². The molecule has 166 valence electrons.